The maximum absolute atomic E-state index is 12.1. The highest BCUT2D eigenvalue weighted by Crippen LogP contribution is 2.26. The smallest absolute Gasteiger partial charge is 0.224 e. The van der Waals surface area contributed by atoms with Crippen LogP contribution in [0.2, 0.25) is 10.0 Å². The zero-order valence-corrected chi connectivity index (χ0v) is 15.8. The average Bonchev–Trinajstić information content (AvgIpc) is 2.82. The van der Waals surface area contributed by atoms with E-state index in [2.05, 4.69) is 15.7 Å². The fraction of sp³-hybridized carbons (Fsp3) is 0.353. The van der Waals surface area contributed by atoms with Crippen molar-refractivity contribution in [3.8, 4) is 5.69 Å². The number of carbonyl (C=O) groups is 2. The van der Waals surface area contributed by atoms with Gasteiger partial charge in [0.2, 0.25) is 11.8 Å². The van der Waals surface area contributed by atoms with Crippen molar-refractivity contribution < 1.29 is 9.59 Å². The van der Waals surface area contributed by atoms with E-state index in [1.54, 1.807) is 16.8 Å². The van der Waals surface area contributed by atoms with E-state index in [1.807, 2.05) is 19.9 Å². The SMILES string of the molecule is CC(=O)NCCNC(=O)Cc1c(C)nn(-c2ccc(Cl)c(Cl)c2)c1C. The van der Waals surface area contributed by atoms with E-state index in [-0.39, 0.29) is 18.2 Å². The summed E-state index contributed by atoms with van der Waals surface area (Å²) in [6.07, 6.45) is 0.221. The molecule has 0 spiro atoms. The summed E-state index contributed by atoms with van der Waals surface area (Å²) in [4.78, 5) is 22.9. The standard InChI is InChI=1S/C17H20Cl2N4O2/c1-10-14(9-17(25)21-7-6-20-12(3)24)11(2)23(22-10)13-4-5-15(18)16(19)8-13/h4-5,8H,6-7,9H2,1-3H3,(H,20,24)(H,21,25). The number of nitrogens with zero attached hydrogens (tertiary/aromatic N) is 2. The maximum Gasteiger partial charge on any atom is 0.224 e. The fourth-order valence-electron chi connectivity index (χ4n) is 2.46. The molecule has 2 N–H and O–H groups in total. The molecule has 134 valence electrons. The third-order valence-corrected chi connectivity index (χ3v) is 4.49. The van der Waals surface area contributed by atoms with E-state index in [0.29, 0.717) is 23.1 Å². The molecule has 2 aromatic rings. The lowest BCUT2D eigenvalue weighted by atomic mass is 10.1. The molecule has 2 amide bonds. The number of nitrogens with one attached hydrogen (secondary N) is 2. The van der Waals surface area contributed by atoms with Crippen LogP contribution in [-0.4, -0.2) is 34.7 Å². The molecular weight excluding hydrogens is 363 g/mol. The van der Waals surface area contributed by atoms with Crippen LogP contribution in [0.3, 0.4) is 0 Å². The predicted molar refractivity (Wildman–Crippen MR) is 98.5 cm³/mol. The van der Waals surface area contributed by atoms with Crippen molar-refractivity contribution in [2.75, 3.05) is 13.1 Å². The summed E-state index contributed by atoms with van der Waals surface area (Å²) in [5, 5.41) is 10.8. The number of hydrogen-bond donors (Lipinski definition) is 2. The van der Waals surface area contributed by atoms with E-state index < -0.39 is 0 Å². The van der Waals surface area contributed by atoms with Crippen molar-refractivity contribution in [1.82, 2.24) is 20.4 Å². The highest BCUT2D eigenvalue weighted by molar-refractivity contribution is 6.42. The molecule has 1 aromatic heterocycles. The minimum Gasteiger partial charge on any atom is -0.355 e. The number of aryl methyl sites for hydroxylation is 1. The molecule has 0 aliphatic heterocycles. The zero-order chi connectivity index (χ0) is 18.6. The van der Waals surface area contributed by atoms with Gasteiger partial charge in [0, 0.05) is 31.3 Å². The van der Waals surface area contributed by atoms with Gasteiger partial charge in [-0.3, -0.25) is 9.59 Å². The second-order valence-electron chi connectivity index (χ2n) is 5.67. The van der Waals surface area contributed by atoms with E-state index in [0.717, 1.165) is 22.6 Å². The lowest BCUT2D eigenvalue weighted by Crippen LogP contribution is -2.34. The van der Waals surface area contributed by atoms with Crippen LogP contribution in [-0.2, 0) is 16.0 Å². The van der Waals surface area contributed by atoms with Gasteiger partial charge in [-0.15, -0.1) is 0 Å². The van der Waals surface area contributed by atoms with Crippen LogP contribution in [0, 0.1) is 13.8 Å². The largest absolute Gasteiger partial charge is 0.355 e. The molecule has 0 saturated heterocycles. The van der Waals surface area contributed by atoms with Gasteiger partial charge in [-0.25, -0.2) is 4.68 Å². The van der Waals surface area contributed by atoms with Crippen molar-refractivity contribution in [2.45, 2.75) is 27.2 Å². The van der Waals surface area contributed by atoms with Crippen molar-refractivity contribution in [3.05, 3.63) is 45.2 Å². The van der Waals surface area contributed by atoms with E-state index in [4.69, 9.17) is 23.2 Å². The first kappa shape index (κ1) is 19.3. The number of benzene rings is 1. The highest BCUT2D eigenvalue weighted by atomic mass is 35.5. The Kier molecular flexibility index (Phi) is 6.45. The molecule has 25 heavy (non-hydrogen) atoms. The molecule has 0 saturated carbocycles. The van der Waals surface area contributed by atoms with E-state index in [1.165, 1.54) is 6.92 Å². The summed E-state index contributed by atoms with van der Waals surface area (Å²) in [7, 11) is 0. The first-order chi connectivity index (χ1) is 11.8. The first-order valence-corrected chi connectivity index (χ1v) is 8.57. The van der Waals surface area contributed by atoms with Gasteiger partial charge in [-0.2, -0.15) is 5.10 Å². The Morgan fingerprint density at radius 1 is 1.12 bits per heavy atom. The average molecular weight is 383 g/mol. The van der Waals surface area contributed by atoms with Crippen LogP contribution >= 0.6 is 23.2 Å². The third kappa shape index (κ3) is 4.96. The summed E-state index contributed by atoms with van der Waals surface area (Å²) < 4.78 is 1.75. The molecule has 1 aromatic carbocycles. The molecule has 2 rings (SSSR count). The Balaban J connectivity index is 2.09. The van der Waals surface area contributed by atoms with Crippen molar-refractivity contribution >= 4 is 35.0 Å². The number of halogens is 2. The van der Waals surface area contributed by atoms with Crippen molar-refractivity contribution in [1.29, 1.82) is 0 Å². The first-order valence-electron chi connectivity index (χ1n) is 7.81. The molecule has 0 aliphatic carbocycles. The van der Waals surface area contributed by atoms with Gasteiger partial charge < -0.3 is 10.6 Å². The van der Waals surface area contributed by atoms with Crippen LogP contribution in [0.25, 0.3) is 5.69 Å². The number of aromatic nitrogens is 2. The molecule has 1 heterocycles. The maximum atomic E-state index is 12.1. The Morgan fingerprint density at radius 2 is 1.80 bits per heavy atom. The highest BCUT2D eigenvalue weighted by Gasteiger charge is 2.16. The minimum absolute atomic E-state index is 0.120. The van der Waals surface area contributed by atoms with Gasteiger partial charge in [0.15, 0.2) is 0 Å². The van der Waals surface area contributed by atoms with E-state index in [9.17, 15) is 9.59 Å². The second kappa shape index (κ2) is 8.36. The Labute approximate surface area is 156 Å². The van der Waals surface area contributed by atoms with Crippen molar-refractivity contribution in [2.24, 2.45) is 0 Å². The lowest BCUT2D eigenvalue weighted by Gasteiger charge is -2.08. The topological polar surface area (TPSA) is 76.0 Å². The fourth-order valence-corrected chi connectivity index (χ4v) is 2.75. The van der Waals surface area contributed by atoms with Crippen LogP contribution in [0.1, 0.15) is 23.9 Å². The van der Waals surface area contributed by atoms with Gasteiger partial charge in [-0.05, 0) is 32.0 Å². The lowest BCUT2D eigenvalue weighted by molar-refractivity contribution is -0.121. The van der Waals surface area contributed by atoms with Crippen LogP contribution in [0.4, 0.5) is 0 Å². The minimum atomic E-state index is -0.121. The number of amides is 2. The van der Waals surface area contributed by atoms with Crippen LogP contribution in [0.5, 0.6) is 0 Å². The number of hydrogen-bond acceptors (Lipinski definition) is 3. The van der Waals surface area contributed by atoms with Crippen LogP contribution < -0.4 is 10.6 Å². The molecule has 0 atom stereocenters. The molecule has 8 heteroatoms. The molecule has 0 unspecified atom stereocenters. The summed E-state index contributed by atoms with van der Waals surface area (Å²) >= 11 is 12.0. The summed E-state index contributed by atoms with van der Waals surface area (Å²) in [5.74, 6) is -0.242. The number of carbonyl (C=O) groups excluding carboxylic acids is 2. The van der Waals surface area contributed by atoms with Crippen LogP contribution in [0.15, 0.2) is 18.2 Å². The summed E-state index contributed by atoms with van der Waals surface area (Å²) in [6.45, 7) is 5.99. The number of rotatable bonds is 6. The Morgan fingerprint density at radius 3 is 2.44 bits per heavy atom. The molecule has 6 nitrogen and oxygen atoms in total. The molecule has 0 radical (unpaired) electrons. The van der Waals surface area contributed by atoms with Gasteiger partial charge in [0.25, 0.3) is 0 Å². The molecular formula is C17H20Cl2N4O2. The summed E-state index contributed by atoms with van der Waals surface area (Å²) in [6, 6.07) is 5.27. The molecule has 0 aliphatic rings. The van der Waals surface area contributed by atoms with E-state index >= 15 is 0 Å². The molecule has 0 bridgehead atoms. The zero-order valence-electron chi connectivity index (χ0n) is 14.3. The van der Waals surface area contributed by atoms with Gasteiger partial charge in [-0.1, -0.05) is 23.2 Å². The van der Waals surface area contributed by atoms with Gasteiger partial charge in [0.05, 0.1) is 27.8 Å². The normalized spacial score (nSPS) is 10.6. The predicted octanol–water partition coefficient (Wildman–Crippen LogP) is 2.59. The monoisotopic (exact) mass is 382 g/mol. The Hall–Kier alpha value is -2.05. The van der Waals surface area contributed by atoms with Gasteiger partial charge in [0.1, 0.15) is 0 Å². The molecule has 0 fully saturated rings. The van der Waals surface area contributed by atoms with Crippen molar-refractivity contribution in [3.63, 3.8) is 0 Å². The summed E-state index contributed by atoms with van der Waals surface area (Å²) in [5.41, 5.74) is 3.30. The quantitative estimate of drug-likeness (QED) is 0.753. The second-order valence-corrected chi connectivity index (χ2v) is 6.48. The Bertz CT molecular complexity index is 802. The third-order valence-electron chi connectivity index (χ3n) is 3.75. The van der Waals surface area contributed by atoms with Gasteiger partial charge >= 0.3 is 0 Å².